The normalized spacial score (nSPS) is 10.5. The fourth-order valence-corrected chi connectivity index (χ4v) is 2.99. The standard InChI is InChI=1S/C18H15BrN2O4S/c1-23-14-6-2-12(3-7-14)18-20-16(25-21-18)10-24-17(22)11-26-15-8-4-13(19)5-9-15/h2-9H,10-11H2,1H3. The van der Waals surface area contributed by atoms with Gasteiger partial charge in [-0.1, -0.05) is 21.1 Å². The van der Waals surface area contributed by atoms with E-state index in [1.54, 1.807) is 7.11 Å². The third-order valence-corrected chi connectivity index (χ3v) is 4.86. The molecule has 1 aromatic heterocycles. The number of carbonyl (C=O) groups is 1. The van der Waals surface area contributed by atoms with Gasteiger partial charge >= 0.3 is 5.97 Å². The summed E-state index contributed by atoms with van der Waals surface area (Å²) in [5, 5.41) is 3.89. The average Bonchev–Trinajstić information content (AvgIpc) is 3.15. The third-order valence-electron chi connectivity index (χ3n) is 3.34. The van der Waals surface area contributed by atoms with Crippen LogP contribution in [0.5, 0.6) is 5.75 Å². The number of hydrogen-bond donors (Lipinski definition) is 0. The summed E-state index contributed by atoms with van der Waals surface area (Å²) in [5.74, 6) is 1.29. The number of methoxy groups -OCH3 is 1. The predicted molar refractivity (Wildman–Crippen MR) is 101 cm³/mol. The Bertz CT molecular complexity index is 866. The molecule has 2 aromatic carbocycles. The molecule has 1 heterocycles. The molecule has 0 saturated heterocycles. The van der Waals surface area contributed by atoms with Gasteiger partial charge in [0, 0.05) is 14.9 Å². The molecule has 26 heavy (non-hydrogen) atoms. The Morgan fingerprint density at radius 1 is 1.15 bits per heavy atom. The number of halogens is 1. The monoisotopic (exact) mass is 434 g/mol. The molecular formula is C18H15BrN2O4S. The van der Waals surface area contributed by atoms with Gasteiger partial charge in [0.05, 0.1) is 12.9 Å². The second-order valence-electron chi connectivity index (χ2n) is 5.14. The lowest BCUT2D eigenvalue weighted by Gasteiger charge is -2.02. The fourth-order valence-electron chi connectivity index (χ4n) is 2.03. The van der Waals surface area contributed by atoms with Gasteiger partial charge in [0.1, 0.15) is 5.75 Å². The van der Waals surface area contributed by atoms with Crippen LogP contribution in [0.2, 0.25) is 0 Å². The Kier molecular flexibility index (Phi) is 6.30. The molecule has 3 aromatic rings. The first-order chi connectivity index (χ1) is 12.6. The van der Waals surface area contributed by atoms with Crippen LogP contribution in [-0.4, -0.2) is 29.0 Å². The van der Waals surface area contributed by atoms with Gasteiger partial charge in [-0.25, -0.2) is 0 Å². The molecule has 0 unspecified atom stereocenters. The van der Waals surface area contributed by atoms with E-state index in [1.807, 2.05) is 48.5 Å². The fraction of sp³-hybridized carbons (Fsp3) is 0.167. The van der Waals surface area contributed by atoms with Crippen molar-refractivity contribution in [3.63, 3.8) is 0 Å². The molecule has 8 heteroatoms. The molecule has 0 radical (unpaired) electrons. The molecule has 0 aliphatic carbocycles. The van der Waals surface area contributed by atoms with Crippen LogP contribution in [0.4, 0.5) is 0 Å². The highest BCUT2D eigenvalue weighted by Gasteiger charge is 2.11. The van der Waals surface area contributed by atoms with Gasteiger partial charge in [0.15, 0.2) is 6.61 Å². The van der Waals surface area contributed by atoms with Crippen molar-refractivity contribution in [2.24, 2.45) is 0 Å². The molecule has 0 fully saturated rings. The molecule has 0 aliphatic heterocycles. The zero-order chi connectivity index (χ0) is 18.4. The minimum Gasteiger partial charge on any atom is -0.497 e. The van der Waals surface area contributed by atoms with Crippen molar-refractivity contribution in [2.75, 3.05) is 12.9 Å². The second-order valence-corrected chi connectivity index (χ2v) is 7.11. The van der Waals surface area contributed by atoms with E-state index in [4.69, 9.17) is 14.0 Å². The zero-order valence-corrected chi connectivity index (χ0v) is 16.2. The first kappa shape index (κ1) is 18.5. The molecular weight excluding hydrogens is 420 g/mol. The molecule has 0 spiro atoms. The van der Waals surface area contributed by atoms with Gasteiger partial charge in [-0.2, -0.15) is 4.98 Å². The van der Waals surface area contributed by atoms with Crippen LogP contribution in [-0.2, 0) is 16.1 Å². The number of nitrogens with zero attached hydrogens (tertiary/aromatic N) is 2. The van der Waals surface area contributed by atoms with Crippen molar-refractivity contribution in [1.29, 1.82) is 0 Å². The van der Waals surface area contributed by atoms with Gasteiger partial charge in [0.25, 0.3) is 5.89 Å². The van der Waals surface area contributed by atoms with E-state index in [-0.39, 0.29) is 24.2 Å². The molecule has 0 amide bonds. The van der Waals surface area contributed by atoms with Crippen molar-refractivity contribution in [1.82, 2.24) is 10.1 Å². The molecule has 6 nitrogen and oxygen atoms in total. The Hall–Kier alpha value is -2.32. The highest BCUT2D eigenvalue weighted by molar-refractivity contribution is 9.10. The smallest absolute Gasteiger partial charge is 0.316 e. The van der Waals surface area contributed by atoms with Crippen molar-refractivity contribution in [3.8, 4) is 17.1 Å². The molecule has 0 atom stereocenters. The van der Waals surface area contributed by atoms with Crippen molar-refractivity contribution < 1.29 is 18.8 Å². The number of ether oxygens (including phenoxy) is 2. The maximum absolute atomic E-state index is 11.8. The van der Waals surface area contributed by atoms with Crippen molar-refractivity contribution in [3.05, 3.63) is 58.9 Å². The number of hydrogen-bond acceptors (Lipinski definition) is 7. The number of carbonyl (C=O) groups excluding carboxylic acids is 1. The highest BCUT2D eigenvalue weighted by atomic mass is 79.9. The maximum atomic E-state index is 11.8. The predicted octanol–water partition coefficient (Wildman–Crippen LogP) is 4.34. The lowest BCUT2D eigenvalue weighted by molar-refractivity contribution is -0.142. The molecule has 0 bridgehead atoms. The van der Waals surface area contributed by atoms with Gasteiger partial charge in [-0.15, -0.1) is 11.8 Å². The summed E-state index contributed by atoms with van der Waals surface area (Å²) in [7, 11) is 1.60. The number of thioether (sulfide) groups is 1. The van der Waals surface area contributed by atoms with E-state index in [0.717, 1.165) is 20.7 Å². The quantitative estimate of drug-likeness (QED) is 0.404. The van der Waals surface area contributed by atoms with E-state index in [1.165, 1.54) is 11.8 Å². The maximum Gasteiger partial charge on any atom is 0.316 e. The lowest BCUT2D eigenvalue weighted by Crippen LogP contribution is -2.07. The zero-order valence-electron chi connectivity index (χ0n) is 13.8. The van der Waals surface area contributed by atoms with Crippen LogP contribution in [0.3, 0.4) is 0 Å². The van der Waals surface area contributed by atoms with Crippen LogP contribution in [0.25, 0.3) is 11.4 Å². The Morgan fingerprint density at radius 3 is 2.58 bits per heavy atom. The summed E-state index contributed by atoms with van der Waals surface area (Å²) in [4.78, 5) is 17.1. The second kappa shape index (κ2) is 8.86. The molecule has 0 aliphatic rings. The average molecular weight is 435 g/mol. The molecule has 0 saturated carbocycles. The minimum absolute atomic E-state index is 0.0527. The summed E-state index contributed by atoms with van der Waals surface area (Å²) in [6.45, 7) is -0.0527. The van der Waals surface area contributed by atoms with E-state index in [0.29, 0.717) is 5.82 Å². The summed E-state index contributed by atoms with van der Waals surface area (Å²) in [6, 6.07) is 15.0. The van der Waals surface area contributed by atoms with Gasteiger partial charge < -0.3 is 14.0 Å². The number of benzene rings is 2. The number of esters is 1. The summed E-state index contributed by atoms with van der Waals surface area (Å²) in [5.41, 5.74) is 0.790. The minimum atomic E-state index is -0.345. The highest BCUT2D eigenvalue weighted by Crippen LogP contribution is 2.21. The molecule has 3 rings (SSSR count). The summed E-state index contributed by atoms with van der Waals surface area (Å²) in [6.07, 6.45) is 0. The van der Waals surface area contributed by atoms with Crippen LogP contribution in [0, 0.1) is 0 Å². The number of aromatic nitrogens is 2. The summed E-state index contributed by atoms with van der Waals surface area (Å²) < 4.78 is 16.4. The first-order valence-electron chi connectivity index (χ1n) is 7.65. The largest absolute Gasteiger partial charge is 0.497 e. The Labute approximate surface area is 163 Å². The van der Waals surface area contributed by atoms with Crippen LogP contribution in [0.1, 0.15) is 5.89 Å². The number of rotatable bonds is 7. The Balaban J connectivity index is 1.49. The van der Waals surface area contributed by atoms with Crippen LogP contribution >= 0.6 is 27.7 Å². The van der Waals surface area contributed by atoms with E-state index < -0.39 is 0 Å². The van der Waals surface area contributed by atoms with Gasteiger partial charge in [-0.05, 0) is 48.5 Å². The lowest BCUT2D eigenvalue weighted by atomic mass is 10.2. The molecule has 0 N–H and O–H groups in total. The van der Waals surface area contributed by atoms with Gasteiger partial charge in [0.2, 0.25) is 5.82 Å². The van der Waals surface area contributed by atoms with Crippen molar-refractivity contribution in [2.45, 2.75) is 11.5 Å². The first-order valence-corrected chi connectivity index (χ1v) is 9.43. The van der Waals surface area contributed by atoms with E-state index in [9.17, 15) is 4.79 Å². The van der Waals surface area contributed by atoms with Crippen LogP contribution < -0.4 is 4.74 Å². The SMILES string of the molecule is COc1ccc(-c2noc(COC(=O)CSc3ccc(Br)cc3)n2)cc1. The van der Waals surface area contributed by atoms with E-state index in [2.05, 4.69) is 26.1 Å². The van der Waals surface area contributed by atoms with Gasteiger partial charge in [-0.3, -0.25) is 4.79 Å². The third kappa shape index (κ3) is 5.09. The Morgan fingerprint density at radius 2 is 1.88 bits per heavy atom. The van der Waals surface area contributed by atoms with Crippen molar-refractivity contribution >= 4 is 33.7 Å². The van der Waals surface area contributed by atoms with Crippen LogP contribution in [0.15, 0.2) is 62.4 Å². The summed E-state index contributed by atoms with van der Waals surface area (Å²) >= 11 is 4.78. The van der Waals surface area contributed by atoms with E-state index >= 15 is 0 Å². The molecule has 134 valence electrons. The topological polar surface area (TPSA) is 74.5 Å².